The summed E-state index contributed by atoms with van der Waals surface area (Å²) < 4.78 is 10.3. The van der Waals surface area contributed by atoms with Gasteiger partial charge in [0.15, 0.2) is 0 Å². The maximum Gasteiger partial charge on any atom is 0.379 e. The van der Waals surface area contributed by atoms with Crippen LogP contribution in [0, 0.1) is 17.8 Å². The van der Waals surface area contributed by atoms with Crippen molar-refractivity contribution in [2.75, 3.05) is 4.90 Å². The molecule has 1 saturated heterocycles. The van der Waals surface area contributed by atoms with Crippen molar-refractivity contribution < 1.29 is 23.5 Å². The average Bonchev–Trinajstić information content (AvgIpc) is 3.24. The van der Waals surface area contributed by atoms with Crippen LogP contribution in [0.2, 0.25) is 0 Å². The van der Waals surface area contributed by atoms with Crippen LogP contribution in [-0.2, 0) is 9.59 Å². The van der Waals surface area contributed by atoms with Crippen molar-refractivity contribution in [3.63, 3.8) is 0 Å². The van der Waals surface area contributed by atoms with Gasteiger partial charge in [-0.3, -0.25) is 9.59 Å². The maximum atomic E-state index is 12.8. The molecule has 3 unspecified atom stereocenters. The summed E-state index contributed by atoms with van der Waals surface area (Å²) in [6.45, 7) is 1.95. The third kappa shape index (κ3) is 2.63. The smallest absolute Gasteiger partial charge is 0.379 e. The highest BCUT2D eigenvalue weighted by Crippen LogP contribution is 2.40. The third-order valence-corrected chi connectivity index (χ3v) is 4.88. The van der Waals surface area contributed by atoms with Crippen LogP contribution in [0.5, 0.6) is 5.75 Å². The van der Waals surface area contributed by atoms with E-state index in [0.717, 1.165) is 0 Å². The Morgan fingerprint density at radius 2 is 2.04 bits per heavy atom. The Bertz CT molecular complexity index is 899. The molecule has 6 heteroatoms. The van der Waals surface area contributed by atoms with Gasteiger partial charge in [-0.2, -0.15) is 0 Å². The number of rotatable bonds is 3. The normalized spacial score (nSPS) is 24.7. The molecule has 0 bridgehead atoms. The summed E-state index contributed by atoms with van der Waals surface area (Å²) in [5.74, 6) is -1.36. The van der Waals surface area contributed by atoms with Crippen molar-refractivity contribution in [3.05, 3.63) is 60.6 Å². The molecule has 2 aliphatic rings. The number of imide groups is 1. The van der Waals surface area contributed by atoms with Gasteiger partial charge in [-0.1, -0.05) is 25.1 Å². The predicted octanol–water partition coefficient (Wildman–Crippen LogP) is 3.20. The van der Waals surface area contributed by atoms with E-state index < -0.39 is 5.97 Å². The highest BCUT2D eigenvalue weighted by Gasteiger charge is 2.50. The summed E-state index contributed by atoms with van der Waals surface area (Å²) in [5.41, 5.74) is 0.409. The molecule has 132 valence electrons. The molecule has 26 heavy (non-hydrogen) atoms. The monoisotopic (exact) mass is 351 g/mol. The van der Waals surface area contributed by atoms with Gasteiger partial charge < -0.3 is 9.15 Å². The molecular formula is C20H17NO5. The summed E-state index contributed by atoms with van der Waals surface area (Å²) >= 11 is 0. The van der Waals surface area contributed by atoms with Crippen molar-refractivity contribution in [1.82, 2.24) is 0 Å². The fraction of sp³-hybridized carbons (Fsp3) is 0.250. The van der Waals surface area contributed by atoms with Crippen LogP contribution in [-0.4, -0.2) is 17.8 Å². The highest BCUT2D eigenvalue weighted by atomic mass is 16.5. The van der Waals surface area contributed by atoms with Crippen molar-refractivity contribution in [1.29, 1.82) is 0 Å². The Kier molecular flexibility index (Phi) is 3.95. The van der Waals surface area contributed by atoms with E-state index in [9.17, 15) is 14.4 Å². The zero-order valence-electron chi connectivity index (χ0n) is 14.1. The number of hydrogen-bond acceptors (Lipinski definition) is 5. The number of hydrogen-bond donors (Lipinski definition) is 0. The Balaban J connectivity index is 1.60. The first-order valence-corrected chi connectivity index (χ1v) is 8.46. The summed E-state index contributed by atoms with van der Waals surface area (Å²) in [6, 6.07) is 9.50. The molecule has 1 aliphatic carbocycles. The summed E-state index contributed by atoms with van der Waals surface area (Å²) in [6.07, 6.45) is 5.90. The lowest BCUT2D eigenvalue weighted by molar-refractivity contribution is -0.122. The van der Waals surface area contributed by atoms with Crippen molar-refractivity contribution >= 4 is 23.5 Å². The molecular weight excluding hydrogens is 334 g/mol. The first-order valence-electron chi connectivity index (χ1n) is 8.46. The molecule has 1 aromatic carbocycles. The lowest BCUT2D eigenvalue weighted by Gasteiger charge is -2.22. The van der Waals surface area contributed by atoms with Crippen LogP contribution >= 0.6 is 0 Å². The second-order valence-electron chi connectivity index (χ2n) is 6.53. The third-order valence-electron chi connectivity index (χ3n) is 4.88. The minimum absolute atomic E-state index is 0.0233. The molecule has 1 aromatic heterocycles. The van der Waals surface area contributed by atoms with Crippen LogP contribution in [0.3, 0.4) is 0 Å². The van der Waals surface area contributed by atoms with E-state index in [2.05, 4.69) is 0 Å². The van der Waals surface area contributed by atoms with Crippen LogP contribution in [0.4, 0.5) is 5.69 Å². The molecule has 2 heterocycles. The van der Waals surface area contributed by atoms with E-state index in [1.165, 1.54) is 23.3 Å². The molecule has 1 fully saturated rings. The second-order valence-corrected chi connectivity index (χ2v) is 6.53. The molecule has 2 amide bonds. The maximum absolute atomic E-state index is 12.8. The van der Waals surface area contributed by atoms with Gasteiger partial charge in [-0.25, -0.2) is 9.69 Å². The lowest BCUT2D eigenvalue weighted by atomic mass is 9.78. The summed E-state index contributed by atoms with van der Waals surface area (Å²) in [7, 11) is 0. The average molecular weight is 351 g/mol. The van der Waals surface area contributed by atoms with Crippen LogP contribution in [0.25, 0.3) is 0 Å². The van der Waals surface area contributed by atoms with Gasteiger partial charge in [-0.05, 0) is 36.6 Å². The minimum Gasteiger partial charge on any atom is -0.457 e. The molecule has 0 saturated carbocycles. The van der Waals surface area contributed by atoms with Crippen molar-refractivity contribution in [2.45, 2.75) is 13.3 Å². The highest BCUT2D eigenvalue weighted by molar-refractivity contribution is 6.22. The molecule has 3 atom stereocenters. The topological polar surface area (TPSA) is 76.8 Å². The fourth-order valence-electron chi connectivity index (χ4n) is 3.64. The first-order chi connectivity index (χ1) is 12.6. The van der Waals surface area contributed by atoms with E-state index in [1.807, 2.05) is 19.1 Å². The molecule has 0 spiro atoms. The molecule has 0 radical (unpaired) electrons. The second kappa shape index (κ2) is 6.29. The largest absolute Gasteiger partial charge is 0.457 e. The molecule has 0 N–H and O–H groups in total. The van der Waals surface area contributed by atoms with E-state index in [4.69, 9.17) is 9.15 Å². The van der Waals surface area contributed by atoms with Gasteiger partial charge >= 0.3 is 5.97 Å². The number of carbonyl (C=O) groups excluding carboxylic acids is 3. The SMILES string of the molecule is CC1C=CCC2C(=O)N(c3cccc(OC(=O)c4ccco4)c3)C(=O)C12. The number of amides is 2. The molecule has 4 rings (SSSR count). The Labute approximate surface area is 150 Å². The van der Waals surface area contributed by atoms with Crippen molar-refractivity contribution in [3.8, 4) is 5.75 Å². The number of benzene rings is 1. The van der Waals surface area contributed by atoms with E-state index in [1.54, 1.807) is 24.3 Å². The van der Waals surface area contributed by atoms with E-state index in [0.29, 0.717) is 12.1 Å². The van der Waals surface area contributed by atoms with Gasteiger partial charge in [0.05, 0.1) is 23.8 Å². The number of nitrogens with zero attached hydrogens (tertiary/aromatic N) is 1. The van der Waals surface area contributed by atoms with Gasteiger partial charge in [0.1, 0.15) is 5.75 Å². The number of anilines is 1. The Hall–Kier alpha value is -3.15. The number of carbonyl (C=O) groups is 3. The van der Waals surface area contributed by atoms with E-state index >= 15 is 0 Å². The fourth-order valence-corrected chi connectivity index (χ4v) is 3.64. The number of ether oxygens (including phenoxy) is 1. The molecule has 1 aliphatic heterocycles. The summed E-state index contributed by atoms with van der Waals surface area (Å²) in [5, 5.41) is 0. The van der Waals surface area contributed by atoms with Crippen molar-refractivity contribution in [2.24, 2.45) is 17.8 Å². The van der Waals surface area contributed by atoms with Crippen LogP contribution in [0.15, 0.2) is 59.2 Å². The minimum atomic E-state index is -0.641. The number of furan rings is 1. The first kappa shape index (κ1) is 16.3. The van der Waals surface area contributed by atoms with E-state index in [-0.39, 0.29) is 41.1 Å². The Morgan fingerprint density at radius 3 is 2.77 bits per heavy atom. The van der Waals surface area contributed by atoms with Crippen LogP contribution < -0.4 is 9.64 Å². The quantitative estimate of drug-likeness (QED) is 0.367. The molecule has 2 aromatic rings. The zero-order chi connectivity index (χ0) is 18.3. The van der Waals surface area contributed by atoms with Gasteiger partial charge in [0.25, 0.3) is 0 Å². The standard InChI is InChI=1S/C20H17NO5/c1-12-5-2-8-15-17(12)19(23)21(18(15)22)13-6-3-7-14(11-13)26-20(24)16-9-4-10-25-16/h2-7,9-12,15,17H,8H2,1H3. The van der Waals surface area contributed by atoms with Gasteiger partial charge in [0, 0.05) is 6.07 Å². The molecule has 6 nitrogen and oxygen atoms in total. The lowest BCUT2D eigenvalue weighted by Crippen LogP contribution is -2.31. The van der Waals surface area contributed by atoms with Crippen LogP contribution in [0.1, 0.15) is 23.9 Å². The number of fused-ring (bicyclic) bond motifs is 1. The Morgan fingerprint density at radius 1 is 1.19 bits per heavy atom. The number of esters is 1. The summed E-state index contributed by atoms with van der Waals surface area (Å²) in [4.78, 5) is 38.8. The predicted molar refractivity (Wildman–Crippen MR) is 92.5 cm³/mol. The number of allylic oxidation sites excluding steroid dienone is 2. The van der Waals surface area contributed by atoms with Gasteiger partial charge in [-0.15, -0.1) is 0 Å². The van der Waals surface area contributed by atoms with Gasteiger partial charge in [0.2, 0.25) is 17.6 Å². The zero-order valence-corrected chi connectivity index (χ0v) is 14.1.